The number of nitrogens with one attached hydrogen (secondary N) is 2. The van der Waals surface area contributed by atoms with Crippen molar-refractivity contribution < 1.29 is 22.7 Å². The first-order valence-corrected chi connectivity index (χ1v) is 14.5. The molecule has 4 rings (SSSR count). The summed E-state index contributed by atoms with van der Waals surface area (Å²) in [5, 5.41) is 3.00. The Morgan fingerprint density at radius 2 is 1.63 bits per heavy atom. The van der Waals surface area contributed by atoms with Crippen molar-refractivity contribution in [3.8, 4) is 5.69 Å². The van der Waals surface area contributed by atoms with E-state index in [2.05, 4.69) is 10.0 Å². The molecule has 0 fully saturated rings. The van der Waals surface area contributed by atoms with Crippen LogP contribution in [0, 0.1) is 6.92 Å². The molecule has 214 valence electrons. The highest BCUT2D eigenvalue weighted by Crippen LogP contribution is 2.26. The predicted molar refractivity (Wildman–Crippen MR) is 158 cm³/mol. The van der Waals surface area contributed by atoms with E-state index in [1.54, 1.807) is 44.3 Å². The second-order valence-corrected chi connectivity index (χ2v) is 11.8. The summed E-state index contributed by atoms with van der Waals surface area (Å²) in [4.78, 5) is 38.2. The Hall–Kier alpha value is -3.77. The van der Waals surface area contributed by atoms with Gasteiger partial charge in [0.15, 0.2) is 6.10 Å². The van der Waals surface area contributed by atoms with E-state index >= 15 is 0 Å². The lowest BCUT2D eigenvalue weighted by atomic mass is 10.2. The number of aromatic nitrogens is 2. The minimum atomic E-state index is -4.39. The number of rotatable bonds is 8. The number of carbonyl (C=O) groups is 2. The van der Waals surface area contributed by atoms with Crippen LogP contribution in [0.1, 0.15) is 23.0 Å². The van der Waals surface area contributed by atoms with Crippen LogP contribution >= 0.6 is 34.8 Å². The highest BCUT2D eigenvalue weighted by Gasteiger charge is 2.26. The summed E-state index contributed by atoms with van der Waals surface area (Å²) in [7, 11) is -2.77. The number of carbonyl (C=O) groups excluding carboxylic acids is 2. The highest BCUT2D eigenvalue weighted by atomic mass is 35.5. The summed E-state index contributed by atoms with van der Waals surface area (Å²) in [6.45, 7) is 2.92. The van der Waals surface area contributed by atoms with Crippen LogP contribution in [0.5, 0.6) is 0 Å². The molecule has 10 nitrogen and oxygen atoms in total. The van der Waals surface area contributed by atoms with Crippen molar-refractivity contribution in [3.05, 3.63) is 103 Å². The van der Waals surface area contributed by atoms with Gasteiger partial charge in [0.25, 0.3) is 21.5 Å². The van der Waals surface area contributed by atoms with Gasteiger partial charge in [-0.25, -0.2) is 17.9 Å². The van der Waals surface area contributed by atoms with Gasteiger partial charge in [0.2, 0.25) is 0 Å². The summed E-state index contributed by atoms with van der Waals surface area (Å²) in [5.41, 5.74) is 0.151. The zero-order chi connectivity index (χ0) is 30.1. The summed E-state index contributed by atoms with van der Waals surface area (Å²) < 4.78 is 37.0. The molecule has 0 saturated carbocycles. The third kappa shape index (κ3) is 6.59. The Kier molecular flexibility index (Phi) is 8.83. The molecule has 1 unspecified atom stereocenters. The van der Waals surface area contributed by atoms with Crippen LogP contribution in [0.25, 0.3) is 5.69 Å². The average molecular weight is 638 g/mol. The number of para-hydroxylation sites is 1. The number of halogens is 3. The quantitative estimate of drug-likeness (QED) is 0.248. The van der Waals surface area contributed by atoms with E-state index in [1.807, 2.05) is 0 Å². The number of esters is 1. The molecule has 1 heterocycles. The summed E-state index contributed by atoms with van der Waals surface area (Å²) in [6, 6.07) is 16.5. The molecule has 0 aliphatic rings. The number of sulfonamides is 1. The van der Waals surface area contributed by atoms with Gasteiger partial charge in [-0.15, -0.1) is 0 Å². The first kappa shape index (κ1) is 30.2. The second-order valence-electron chi connectivity index (χ2n) is 8.88. The molecule has 1 amide bonds. The van der Waals surface area contributed by atoms with E-state index in [9.17, 15) is 22.8 Å². The number of hydrogen-bond donors (Lipinski definition) is 2. The van der Waals surface area contributed by atoms with Crippen LogP contribution in [-0.2, 0) is 26.6 Å². The van der Waals surface area contributed by atoms with Crippen molar-refractivity contribution in [2.45, 2.75) is 24.8 Å². The smallest absolute Gasteiger partial charge is 0.338 e. The standard InChI is InChI=1S/C27H23Cl3N4O6S/c1-15-24(26(36)34(33(15)3)20-7-5-4-6-8-20)32-41(38,39)21-12-17(11-19(29)13-21)27(37)40-16(2)25(35)31-23-10-9-18(28)14-22(23)30/h4-14,16,32H,1-3H3,(H,31,35). The van der Waals surface area contributed by atoms with Crippen LogP contribution in [0.2, 0.25) is 15.1 Å². The normalized spacial score (nSPS) is 12.0. The van der Waals surface area contributed by atoms with Gasteiger partial charge in [0.05, 0.1) is 32.6 Å². The maximum absolute atomic E-state index is 13.3. The van der Waals surface area contributed by atoms with Crippen LogP contribution < -0.4 is 15.6 Å². The molecule has 2 N–H and O–H groups in total. The summed E-state index contributed by atoms with van der Waals surface area (Å²) >= 11 is 18.1. The van der Waals surface area contributed by atoms with E-state index < -0.39 is 38.5 Å². The van der Waals surface area contributed by atoms with Crippen molar-refractivity contribution in [1.29, 1.82) is 0 Å². The molecule has 1 aromatic heterocycles. The lowest BCUT2D eigenvalue weighted by molar-refractivity contribution is -0.123. The molecule has 0 radical (unpaired) electrons. The van der Waals surface area contributed by atoms with Gasteiger partial charge in [0, 0.05) is 17.1 Å². The number of hydrogen-bond acceptors (Lipinski definition) is 6. The van der Waals surface area contributed by atoms with Crippen molar-refractivity contribution in [3.63, 3.8) is 0 Å². The lowest BCUT2D eigenvalue weighted by Crippen LogP contribution is -2.30. The molecule has 14 heteroatoms. The number of anilines is 2. The zero-order valence-electron chi connectivity index (χ0n) is 21.8. The molecule has 0 saturated heterocycles. The summed E-state index contributed by atoms with van der Waals surface area (Å²) in [6.07, 6.45) is -1.28. The van der Waals surface area contributed by atoms with Gasteiger partial charge in [-0.3, -0.25) is 19.0 Å². The summed E-state index contributed by atoms with van der Waals surface area (Å²) in [5.74, 6) is -1.69. The molecule has 0 bridgehead atoms. The predicted octanol–water partition coefficient (Wildman–Crippen LogP) is 5.43. The molecule has 41 heavy (non-hydrogen) atoms. The fourth-order valence-corrected chi connectivity index (χ4v) is 5.76. The number of ether oxygens (including phenoxy) is 1. The van der Waals surface area contributed by atoms with Gasteiger partial charge < -0.3 is 10.1 Å². The third-order valence-electron chi connectivity index (χ3n) is 6.05. The van der Waals surface area contributed by atoms with Crippen LogP contribution in [0.3, 0.4) is 0 Å². The second kappa shape index (κ2) is 12.0. The van der Waals surface area contributed by atoms with Gasteiger partial charge in [-0.05, 0) is 62.4 Å². The topological polar surface area (TPSA) is 128 Å². The van der Waals surface area contributed by atoms with Crippen molar-refractivity contribution in [2.24, 2.45) is 7.05 Å². The molecule has 0 spiro atoms. The Labute approximate surface area is 250 Å². The Morgan fingerprint density at radius 1 is 0.951 bits per heavy atom. The molecule has 0 aliphatic carbocycles. The van der Waals surface area contributed by atoms with Gasteiger partial charge in [0.1, 0.15) is 5.69 Å². The molecule has 1 atom stereocenters. The Morgan fingerprint density at radius 3 is 2.29 bits per heavy atom. The van der Waals surface area contributed by atoms with E-state index in [4.69, 9.17) is 39.5 Å². The minimum absolute atomic E-state index is 0.0867. The third-order valence-corrected chi connectivity index (χ3v) is 8.15. The Balaban J connectivity index is 1.56. The van der Waals surface area contributed by atoms with Crippen molar-refractivity contribution >= 4 is 68.1 Å². The Bertz CT molecular complexity index is 1820. The first-order valence-electron chi connectivity index (χ1n) is 11.9. The van der Waals surface area contributed by atoms with Gasteiger partial charge in [-0.1, -0.05) is 53.0 Å². The molecular formula is C27H23Cl3N4O6S. The largest absolute Gasteiger partial charge is 0.449 e. The lowest BCUT2D eigenvalue weighted by Gasteiger charge is -2.15. The number of benzene rings is 3. The van der Waals surface area contributed by atoms with Gasteiger partial charge in [-0.2, -0.15) is 0 Å². The number of nitrogens with zero attached hydrogens (tertiary/aromatic N) is 2. The van der Waals surface area contributed by atoms with Crippen LogP contribution in [0.4, 0.5) is 11.4 Å². The molecule has 3 aromatic carbocycles. The molecule has 4 aromatic rings. The fraction of sp³-hybridized carbons (Fsp3) is 0.148. The first-order chi connectivity index (χ1) is 19.3. The van der Waals surface area contributed by atoms with E-state index in [0.717, 1.165) is 12.1 Å². The van der Waals surface area contributed by atoms with Gasteiger partial charge >= 0.3 is 5.97 Å². The zero-order valence-corrected chi connectivity index (χ0v) is 24.9. The van der Waals surface area contributed by atoms with E-state index in [0.29, 0.717) is 16.4 Å². The maximum atomic E-state index is 13.3. The SMILES string of the molecule is Cc1c(NS(=O)(=O)c2cc(Cl)cc(C(=O)OC(C)C(=O)Nc3ccc(Cl)cc3Cl)c2)c(=O)n(-c2ccccc2)n1C. The molecular weight excluding hydrogens is 615 g/mol. The molecule has 0 aliphatic heterocycles. The van der Waals surface area contributed by atoms with E-state index in [1.165, 1.54) is 40.6 Å². The van der Waals surface area contributed by atoms with Crippen molar-refractivity contribution in [1.82, 2.24) is 9.36 Å². The van der Waals surface area contributed by atoms with E-state index in [-0.39, 0.29) is 27.0 Å². The number of amides is 1. The highest BCUT2D eigenvalue weighted by molar-refractivity contribution is 7.92. The van der Waals surface area contributed by atoms with Crippen molar-refractivity contribution in [2.75, 3.05) is 10.0 Å². The monoisotopic (exact) mass is 636 g/mol. The fourth-order valence-electron chi connectivity index (χ4n) is 3.82. The van der Waals surface area contributed by atoms with Crippen LogP contribution in [0.15, 0.2) is 76.4 Å². The maximum Gasteiger partial charge on any atom is 0.338 e. The average Bonchev–Trinajstić information content (AvgIpc) is 3.12. The minimum Gasteiger partial charge on any atom is -0.449 e. The van der Waals surface area contributed by atoms with Crippen LogP contribution in [-0.4, -0.2) is 35.8 Å².